The second-order valence-electron chi connectivity index (χ2n) is 5.07. The van der Waals surface area contributed by atoms with Gasteiger partial charge in [0.2, 0.25) is 6.43 Å². The average molecular weight is 359 g/mol. The van der Waals surface area contributed by atoms with E-state index in [1.807, 2.05) is 5.32 Å². The number of carbonyl (C=O) groups excluding carboxylic acids is 1. The Hall–Kier alpha value is -2.84. The fourth-order valence-corrected chi connectivity index (χ4v) is 2.23. The van der Waals surface area contributed by atoms with Gasteiger partial charge in [-0.15, -0.1) is 0 Å². The quantitative estimate of drug-likeness (QED) is 0.744. The van der Waals surface area contributed by atoms with Crippen molar-refractivity contribution in [2.45, 2.75) is 25.5 Å². The molecule has 1 atom stereocenters. The van der Waals surface area contributed by atoms with Crippen molar-refractivity contribution in [2.24, 2.45) is 0 Å². The van der Waals surface area contributed by atoms with Crippen molar-refractivity contribution in [1.82, 2.24) is 5.32 Å². The maximum Gasteiger partial charge on any atom is 0.387 e. The number of halogens is 4. The third-order valence-electron chi connectivity index (χ3n) is 3.33. The van der Waals surface area contributed by atoms with Gasteiger partial charge in [-0.05, 0) is 22.9 Å². The lowest BCUT2D eigenvalue weighted by Crippen LogP contribution is -2.42. The standard InChI is InChI=1S/C16H13F4NO4/c17-13(18)7-11(15(23)24)21-14(22)10-5-8-3-1-2-4-9(8)6-12(10)25-16(19)20/h1-6,11,13,16H,7H2,(H,21,22)(H,23,24). The van der Waals surface area contributed by atoms with E-state index in [-0.39, 0.29) is 5.56 Å². The van der Waals surface area contributed by atoms with Crippen molar-refractivity contribution in [2.75, 3.05) is 0 Å². The maximum atomic E-state index is 12.6. The van der Waals surface area contributed by atoms with E-state index in [2.05, 4.69) is 4.74 Å². The number of hydrogen-bond donors (Lipinski definition) is 2. The number of carboxylic acids is 1. The minimum Gasteiger partial charge on any atom is -0.480 e. The number of rotatable bonds is 7. The summed E-state index contributed by atoms with van der Waals surface area (Å²) in [5.41, 5.74) is -0.375. The van der Waals surface area contributed by atoms with Gasteiger partial charge in [0.25, 0.3) is 5.91 Å². The van der Waals surface area contributed by atoms with E-state index in [1.54, 1.807) is 24.3 Å². The summed E-state index contributed by atoms with van der Waals surface area (Å²) in [6, 6.07) is 7.06. The van der Waals surface area contributed by atoms with Gasteiger partial charge in [0, 0.05) is 6.42 Å². The first kappa shape index (κ1) is 18.5. The molecule has 0 saturated heterocycles. The fraction of sp³-hybridized carbons (Fsp3) is 0.250. The minimum atomic E-state index is -3.22. The van der Waals surface area contributed by atoms with E-state index in [4.69, 9.17) is 5.11 Å². The molecule has 0 spiro atoms. The molecule has 0 saturated carbocycles. The summed E-state index contributed by atoms with van der Waals surface area (Å²) in [6.45, 7) is -3.22. The van der Waals surface area contributed by atoms with E-state index < -0.39 is 43.1 Å². The summed E-state index contributed by atoms with van der Waals surface area (Å²) in [5.74, 6) is -3.24. The predicted octanol–water partition coefficient (Wildman–Crippen LogP) is 3.28. The SMILES string of the molecule is O=C(NC(CC(F)F)C(=O)O)c1cc2ccccc2cc1OC(F)F. The van der Waals surface area contributed by atoms with Crippen LogP contribution in [0.4, 0.5) is 17.6 Å². The lowest BCUT2D eigenvalue weighted by molar-refractivity contribution is -0.140. The molecule has 0 radical (unpaired) electrons. The van der Waals surface area contributed by atoms with Crippen LogP contribution in [0.25, 0.3) is 10.8 Å². The highest BCUT2D eigenvalue weighted by atomic mass is 19.3. The molecule has 2 aromatic rings. The van der Waals surface area contributed by atoms with Gasteiger partial charge < -0.3 is 15.2 Å². The molecule has 1 amide bonds. The third-order valence-corrected chi connectivity index (χ3v) is 3.33. The molecule has 25 heavy (non-hydrogen) atoms. The normalized spacial score (nSPS) is 12.4. The molecule has 0 fully saturated rings. The van der Waals surface area contributed by atoms with E-state index >= 15 is 0 Å². The van der Waals surface area contributed by atoms with Crippen molar-refractivity contribution < 1.29 is 37.0 Å². The highest BCUT2D eigenvalue weighted by molar-refractivity contribution is 6.02. The Labute approximate surface area is 139 Å². The molecule has 2 aromatic carbocycles. The van der Waals surface area contributed by atoms with E-state index in [9.17, 15) is 27.2 Å². The van der Waals surface area contributed by atoms with Crippen molar-refractivity contribution >= 4 is 22.6 Å². The van der Waals surface area contributed by atoms with Crippen molar-refractivity contribution in [3.05, 3.63) is 42.0 Å². The Bertz CT molecular complexity index is 782. The van der Waals surface area contributed by atoms with Gasteiger partial charge in [0.15, 0.2) is 0 Å². The molecule has 2 N–H and O–H groups in total. The Morgan fingerprint density at radius 2 is 1.68 bits per heavy atom. The van der Waals surface area contributed by atoms with Crippen molar-refractivity contribution in [3.8, 4) is 5.75 Å². The van der Waals surface area contributed by atoms with Gasteiger partial charge in [-0.2, -0.15) is 8.78 Å². The summed E-state index contributed by atoms with van der Waals surface area (Å²) in [6.07, 6.45) is -4.07. The summed E-state index contributed by atoms with van der Waals surface area (Å²) in [7, 11) is 0. The largest absolute Gasteiger partial charge is 0.480 e. The molecule has 9 heteroatoms. The monoisotopic (exact) mass is 359 g/mol. The Kier molecular flexibility index (Phi) is 5.79. The smallest absolute Gasteiger partial charge is 0.387 e. The molecule has 1 unspecified atom stereocenters. The van der Waals surface area contributed by atoms with E-state index in [1.165, 1.54) is 12.1 Å². The first-order chi connectivity index (χ1) is 11.8. The molecule has 0 aliphatic heterocycles. The topological polar surface area (TPSA) is 75.6 Å². The molecule has 0 heterocycles. The van der Waals surface area contributed by atoms with Crippen LogP contribution in [0.5, 0.6) is 5.75 Å². The molecule has 134 valence electrons. The number of carbonyl (C=O) groups is 2. The van der Waals surface area contributed by atoms with Crippen molar-refractivity contribution in [1.29, 1.82) is 0 Å². The highest BCUT2D eigenvalue weighted by Crippen LogP contribution is 2.27. The van der Waals surface area contributed by atoms with Crippen LogP contribution in [0, 0.1) is 0 Å². The van der Waals surface area contributed by atoms with E-state index in [0.717, 1.165) is 0 Å². The number of alkyl halides is 4. The first-order valence-electron chi connectivity index (χ1n) is 7.07. The minimum absolute atomic E-state index is 0.375. The number of aliphatic carboxylic acids is 1. The second kappa shape index (κ2) is 7.82. The molecule has 0 aliphatic carbocycles. The summed E-state index contributed by atoms with van der Waals surface area (Å²) >= 11 is 0. The van der Waals surface area contributed by atoms with Crippen LogP contribution in [0.1, 0.15) is 16.8 Å². The molecule has 0 bridgehead atoms. The van der Waals surface area contributed by atoms with Gasteiger partial charge in [-0.3, -0.25) is 4.79 Å². The lowest BCUT2D eigenvalue weighted by atomic mass is 10.0. The second-order valence-corrected chi connectivity index (χ2v) is 5.07. The van der Waals surface area contributed by atoms with Gasteiger partial charge >= 0.3 is 12.6 Å². The highest BCUT2D eigenvalue weighted by Gasteiger charge is 2.26. The van der Waals surface area contributed by atoms with Crippen LogP contribution in [0.2, 0.25) is 0 Å². The average Bonchev–Trinajstić information content (AvgIpc) is 2.52. The van der Waals surface area contributed by atoms with Gasteiger partial charge in [-0.1, -0.05) is 24.3 Å². The number of fused-ring (bicyclic) bond motifs is 1. The van der Waals surface area contributed by atoms with E-state index in [0.29, 0.717) is 10.8 Å². The van der Waals surface area contributed by atoms with Crippen LogP contribution < -0.4 is 10.1 Å². The van der Waals surface area contributed by atoms with Crippen molar-refractivity contribution in [3.63, 3.8) is 0 Å². The number of benzene rings is 2. The number of carboxylic acid groups (broad SMARTS) is 1. The lowest BCUT2D eigenvalue weighted by Gasteiger charge is -2.16. The maximum absolute atomic E-state index is 12.6. The number of hydrogen-bond acceptors (Lipinski definition) is 3. The molecule has 2 rings (SSSR count). The zero-order chi connectivity index (χ0) is 18.6. The predicted molar refractivity (Wildman–Crippen MR) is 80.1 cm³/mol. The van der Waals surface area contributed by atoms with Gasteiger partial charge in [-0.25, -0.2) is 13.6 Å². The zero-order valence-corrected chi connectivity index (χ0v) is 12.6. The van der Waals surface area contributed by atoms with Crippen LogP contribution in [-0.2, 0) is 4.79 Å². The fourth-order valence-electron chi connectivity index (χ4n) is 2.23. The molecule has 0 aliphatic rings. The Morgan fingerprint density at radius 1 is 1.08 bits per heavy atom. The molecular weight excluding hydrogens is 346 g/mol. The van der Waals surface area contributed by atoms with Crippen LogP contribution in [0.15, 0.2) is 36.4 Å². The van der Waals surface area contributed by atoms with Gasteiger partial charge in [0.05, 0.1) is 5.56 Å². The Morgan fingerprint density at radius 3 is 2.20 bits per heavy atom. The summed E-state index contributed by atoms with van der Waals surface area (Å²) in [4.78, 5) is 23.2. The molecule has 0 aromatic heterocycles. The number of nitrogens with one attached hydrogen (secondary N) is 1. The number of amides is 1. The molecule has 5 nitrogen and oxygen atoms in total. The third kappa shape index (κ3) is 4.82. The zero-order valence-electron chi connectivity index (χ0n) is 12.6. The molecular formula is C16H13F4NO4. The van der Waals surface area contributed by atoms with Crippen LogP contribution >= 0.6 is 0 Å². The van der Waals surface area contributed by atoms with Crippen LogP contribution in [-0.4, -0.2) is 36.1 Å². The number of ether oxygens (including phenoxy) is 1. The van der Waals surface area contributed by atoms with Gasteiger partial charge in [0.1, 0.15) is 11.8 Å². The Balaban J connectivity index is 2.39. The summed E-state index contributed by atoms with van der Waals surface area (Å²) < 4.78 is 54.3. The first-order valence-corrected chi connectivity index (χ1v) is 7.07. The summed E-state index contributed by atoms with van der Waals surface area (Å²) in [5, 5.41) is 11.8. The van der Waals surface area contributed by atoms with Crippen LogP contribution in [0.3, 0.4) is 0 Å².